The van der Waals surface area contributed by atoms with Crippen molar-refractivity contribution in [3.8, 4) is 0 Å². The van der Waals surface area contributed by atoms with E-state index in [1.165, 1.54) is 12.3 Å². The molecule has 1 heterocycles. The van der Waals surface area contributed by atoms with Crippen LogP contribution in [-0.2, 0) is 6.42 Å². The molecule has 0 amide bonds. The van der Waals surface area contributed by atoms with Gasteiger partial charge < -0.3 is 10.2 Å². The fraction of sp³-hybridized carbons (Fsp3) is 0.273. The van der Waals surface area contributed by atoms with Crippen molar-refractivity contribution in [1.82, 2.24) is 0 Å². The van der Waals surface area contributed by atoms with E-state index in [9.17, 15) is 4.39 Å². The Balaban J connectivity index is 2.55. The molecule has 1 aromatic heterocycles. The summed E-state index contributed by atoms with van der Waals surface area (Å²) in [6, 6.07) is 4.86. The van der Waals surface area contributed by atoms with Gasteiger partial charge in [-0.1, -0.05) is 6.07 Å². The van der Waals surface area contributed by atoms with Crippen molar-refractivity contribution in [3.63, 3.8) is 0 Å². The molecule has 0 aliphatic rings. The van der Waals surface area contributed by atoms with E-state index < -0.39 is 0 Å². The van der Waals surface area contributed by atoms with Crippen LogP contribution >= 0.6 is 0 Å². The van der Waals surface area contributed by atoms with Gasteiger partial charge in [0.25, 0.3) is 0 Å². The third kappa shape index (κ3) is 1.51. The van der Waals surface area contributed by atoms with Crippen molar-refractivity contribution >= 4 is 11.0 Å². The average molecular weight is 193 g/mol. The summed E-state index contributed by atoms with van der Waals surface area (Å²) in [4.78, 5) is 0. The highest BCUT2D eigenvalue weighted by molar-refractivity contribution is 5.81. The second-order valence-corrected chi connectivity index (χ2v) is 3.55. The Morgan fingerprint density at radius 1 is 1.43 bits per heavy atom. The maximum atomic E-state index is 13.2. The summed E-state index contributed by atoms with van der Waals surface area (Å²) in [5, 5.41) is 0.531. The van der Waals surface area contributed by atoms with Crippen molar-refractivity contribution in [1.29, 1.82) is 0 Å². The highest BCUT2D eigenvalue weighted by Crippen LogP contribution is 2.23. The van der Waals surface area contributed by atoms with E-state index in [1.807, 2.05) is 6.92 Å². The zero-order valence-corrected chi connectivity index (χ0v) is 7.96. The second kappa shape index (κ2) is 3.42. The Kier molecular flexibility index (Phi) is 2.25. The van der Waals surface area contributed by atoms with Crippen molar-refractivity contribution in [3.05, 3.63) is 35.8 Å². The molecular formula is C11H12FNO. The van der Waals surface area contributed by atoms with Crippen LogP contribution in [0.4, 0.5) is 4.39 Å². The lowest BCUT2D eigenvalue weighted by atomic mass is 10.1. The van der Waals surface area contributed by atoms with Gasteiger partial charge in [0, 0.05) is 6.04 Å². The number of hydrogen-bond donors (Lipinski definition) is 1. The average Bonchev–Trinajstić information content (AvgIpc) is 2.58. The fourth-order valence-corrected chi connectivity index (χ4v) is 1.59. The van der Waals surface area contributed by atoms with E-state index in [4.69, 9.17) is 10.2 Å². The predicted octanol–water partition coefficient (Wildman–Crippen LogP) is 2.46. The van der Waals surface area contributed by atoms with Crippen LogP contribution in [0, 0.1) is 5.82 Å². The number of furan rings is 1. The minimum absolute atomic E-state index is 0.0498. The molecule has 1 aromatic carbocycles. The van der Waals surface area contributed by atoms with Gasteiger partial charge in [-0.15, -0.1) is 0 Å². The smallest absolute Gasteiger partial charge is 0.140 e. The molecule has 74 valence electrons. The molecule has 14 heavy (non-hydrogen) atoms. The first-order valence-corrected chi connectivity index (χ1v) is 4.58. The van der Waals surface area contributed by atoms with Gasteiger partial charge >= 0.3 is 0 Å². The summed E-state index contributed by atoms with van der Waals surface area (Å²) < 4.78 is 18.5. The summed E-state index contributed by atoms with van der Waals surface area (Å²) in [6.45, 7) is 1.91. The van der Waals surface area contributed by atoms with E-state index in [-0.39, 0.29) is 11.9 Å². The third-order valence-electron chi connectivity index (χ3n) is 2.19. The van der Waals surface area contributed by atoms with Gasteiger partial charge in [0.1, 0.15) is 11.4 Å². The Morgan fingerprint density at radius 2 is 2.21 bits per heavy atom. The van der Waals surface area contributed by atoms with Crippen LogP contribution in [0.2, 0.25) is 0 Å². The normalized spacial score (nSPS) is 13.4. The standard InChI is InChI=1S/C11H12FNO/c1-7(13)6-8-2-3-10(12)9-4-5-14-11(8)9/h2-5,7H,6,13H2,1H3. The Labute approximate surface area is 81.5 Å². The van der Waals surface area contributed by atoms with Gasteiger partial charge in [-0.2, -0.15) is 0 Å². The fourth-order valence-electron chi connectivity index (χ4n) is 1.59. The van der Waals surface area contributed by atoms with Crippen molar-refractivity contribution in [2.45, 2.75) is 19.4 Å². The van der Waals surface area contributed by atoms with E-state index in [1.54, 1.807) is 12.1 Å². The Morgan fingerprint density at radius 3 is 2.93 bits per heavy atom. The SMILES string of the molecule is CC(N)Cc1ccc(F)c2ccoc12. The van der Waals surface area contributed by atoms with Crippen LogP contribution < -0.4 is 5.73 Å². The van der Waals surface area contributed by atoms with Crippen LogP contribution in [0.3, 0.4) is 0 Å². The van der Waals surface area contributed by atoms with Crippen molar-refractivity contribution in [2.24, 2.45) is 5.73 Å². The summed E-state index contributed by atoms with van der Waals surface area (Å²) >= 11 is 0. The molecule has 2 aromatic rings. The molecule has 2 nitrogen and oxygen atoms in total. The molecule has 0 aliphatic heterocycles. The van der Waals surface area contributed by atoms with Crippen LogP contribution in [0.5, 0.6) is 0 Å². The molecule has 1 atom stereocenters. The lowest BCUT2D eigenvalue weighted by molar-refractivity contribution is 0.600. The van der Waals surface area contributed by atoms with E-state index >= 15 is 0 Å². The van der Waals surface area contributed by atoms with Gasteiger partial charge in [-0.25, -0.2) is 4.39 Å². The first-order valence-electron chi connectivity index (χ1n) is 4.58. The maximum Gasteiger partial charge on any atom is 0.140 e. The Hall–Kier alpha value is -1.35. The van der Waals surface area contributed by atoms with Crippen LogP contribution in [-0.4, -0.2) is 6.04 Å². The predicted molar refractivity (Wildman–Crippen MR) is 53.5 cm³/mol. The number of rotatable bonds is 2. The topological polar surface area (TPSA) is 39.2 Å². The molecule has 3 heteroatoms. The highest BCUT2D eigenvalue weighted by Gasteiger charge is 2.09. The summed E-state index contributed by atoms with van der Waals surface area (Å²) in [5.74, 6) is -0.248. The summed E-state index contributed by atoms with van der Waals surface area (Å²) in [7, 11) is 0. The maximum absolute atomic E-state index is 13.2. The molecule has 0 aliphatic carbocycles. The van der Waals surface area contributed by atoms with Gasteiger partial charge in [-0.3, -0.25) is 0 Å². The summed E-state index contributed by atoms with van der Waals surface area (Å²) in [6.07, 6.45) is 2.20. The first-order chi connectivity index (χ1) is 6.68. The van der Waals surface area contributed by atoms with Gasteiger partial charge in [0.2, 0.25) is 0 Å². The lowest BCUT2D eigenvalue weighted by Gasteiger charge is -2.05. The highest BCUT2D eigenvalue weighted by atomic mass is 19.1. The number of halogens is 1. The molecule has 0 saturated heterocycles. The van der Waals surface area contributed by atoms with E-state index in [0.717, 1.165) is 5.56 Å². The van der Waals surface area contributed by atoms with Gasteiger partial charge in [0.15, 0.2) is 0 Å². The minimum Gasteiger partial charge on any atom is -0.464 e. The molecule has 0 saturated carbocycles. The van der Waals surface area contributed by atoms with E-state index in [0.29, 0.717) is 17.4 Å². The van der Waals surface area contributed by atoms with Gasteiger partial charge in [0.05, 0.1) is 11.6 Å². The molecule has 0 fully saturated rings. The molecule has 2 N–H and O–H groups in total. The Bertz CT molecular complexity index is 447. The lowest BCUT2D eigenvalue weighted by Crippen LogP contribution is -2.17. The zero-order chi connectivity index (χ0) is 10.1. The molecule has 0 spiro atoms. The van der Waals surface area contributed by atoms with Crippen LogP contribution in [0.15, 0.2) is 28.9 Å². The summed E-state index contributed by atoms with van der Waals surface area (Å²) in [5.41, 5.74) is 7.26. The molecule has 1 unspecified atom stereocenters. The molecule has 0 bridgehead atoms. The number of benzene rings is 1. The zero-order valence-electron chi connectivity index (χ0n) is 7.96. The third-order valence-corrected chi connectivity index (χ3v) is 2.19. The quantitative estimate of drug-likeness (QED) is 0.795. The molecule has 2 rings (SSSR count). The second-order valence-electron chi connectivity index (χ2n) is 3.55. The minimum atomic E-state index is -0.248. The molecule has 0 radical (unpaired) electrons. The first kappa shape index (κ1) is 9.21. The van der Waals surface area contributed by atoms with E-state index in [2.05, 4.69) is 0 Å². The van der Waals surface area contributed by atoms with Crippen molar-refractivity contribution < 1.29 is 8.81 Å². The van der Waals surface area contributed by atoms with Crippen molar-refractivity contribution in [2.75, 3.05) is 0 Å². The molecular weight excluding hydrogens is 181 g/mol. The largest absolute Gasteiger partial charge is 0.464 e. The number of nitrogens with two attached hydrogens (primary N) is 1. The van der Waals surface area contributed by atoms with Crippen LogP contribution in [0.25, 0.3) is 11.0 Å². The van der Waals surface area contributed by atoms with Crippen LogP contribution in [0.1, 0.15) is 12.5 Å². The van der Waals surface area contributed by atoms with Gasteiger partial charge in [-0.05, 0) is 31.0 Å². The number of hydrogen-bond acceptors (Lipinski definition) is 2. The number of fused-ring (bicyclic) bond motifs is 1. The monoisotopic (exact) mass is 193 g/mol.